The van der Waals surface area contributed by atoms with Crippen molar-refractivity contribution >= 4 is 34.8 Å². The molecule has 0 spiro atoms. The van der Waals surface area contributed by atoms with E-state index in [9.17, 15) is 10.1 Å². The van der Waals surface area contributed by atoms with E-state index in [0.29, 0.717) is 39.7 Å². The number of rotatable bonds is 6. The third-order valence-electron chi connectivity index (χ3n) is 6.61. The molecule has 3 aromatic heterocycles. The number of H-pyrrole nitrogens is 1. The van der Waals surface area contributed by atoms with Crippen molar-refractivity contribution in [1.29, 1.82) is 5.26 Å². The van der Waals surface area contributed by atoms with Gasteiger partial charge < -0.3 is 20.1 Å². The zero-order chi connectivity index (χ0) is 26.4. The molecule has 0 bridgehead atoms. The van der Waals surface area contributed by atoms with Gasteiger partial charge in [-0.3, -0.25) is 5.10 Å². The Bertz CT molecular complexity index is 1580. The summed E-state index contributed by atoms with van der Waals surface area (Å²) in [5.41, 5.74) is 2.46. The highest BCUT2D eigenvalue weighted by molar-refractivity contribution is 6.29. The van der Waals surface area contributed by atoms with Crippen molar-refractivity contribution in [1.82, 2.24) is 30.1 Å². The smallest absolute Gasteiger partial charge is 0.408 e. The lowest BCUT2D eigenvalue weighted by Crippen LogP contribution is -2.39. The normalized spacial score (nSPS) is 21.7. The van der Waals surface area contributed by atoms with Crippen molar-refractivity contribution in [2.45, 2.75) is 43.7 Å². The number of alkyl carbamates (subject to hydrolysis) is 1. The second-order valence-electron chi connectivity index (χ2n) is 9.63. The van der Waals surface area contributed by atoms with Gasteiger partial charge in [-0.25, -0.2) is 18.7 Å². The summed E-state index contributed by atoms with van der Waals surface area (Å²) in [7, 11) is 0. The van der Waals surface area contributed by atoms with Crippen LogP contribution in [0.15, 0.2) is 42.6 Å². The molecule has 1 aliphatic carbocycles. The Morgan fingerprint density at radius 1 is 1.37 bits per heavy atom. The van der Waals surface area contributed by atoms with Crippen LogP contribution in [0, 0.1) is 11.3 Å². The van der Waals surface area contributed by atoms with E-state index in [-0.39, 0.29) is 17.3 Å². The maximum atomic E-state index is 15.1. The maximum Gasteiger partial charge on any atom is 0.408 e. The lowest BCUT2D eigenvalue weighted by molar-refractivity contribution is 0.0604. The lowest BCUT2D eigenvalue weighted by Gasteiger charge is -2.17. The van der Waals surface area contributed by atoms with E-state index in [1.807, 2.05) is 13.0 Å². The first kappa shape index (κ1) is 24.1. The number of benzene rings is 1. The van der Waals surface area contributed by atoms with Crippen LogP contribution in [-0.2, 0) is 9.47 Å². The molecule has 1 aliphatic heterocycles. The van der Waals surface area contributed by atoms with Crippen LogP contribution < -0.4 is 10.6 Å². The predicted molar refractivity (Wildman–Crippen MR) is 135 cm³/mol. The highest BCUT2D eigenvalue weighted by Gasteiger charge is 2.44. The molecule has 38 heavy (non-hydrogen) atoms. The number of ether oxygens (including phenoxy) is 2. The van der Waals surface area contributed by atoms with Crippen LogP contribution in [0.5, 0.6) is 0 Å². The molecule has 4 aromatic rings. The summed E-state index contributed by atoms with van der Waals surface area (Å²) in [5, 5.41) is 26.7. The van der Waals surface area contributed by atoms with E-state index in [1.54, 1.807) is 41.0 Å². The van der Waals surface area contributed by atoms with Crippen LogP contribution in [0.3, 0.4) is 0 Å². The van der Waals surface area contributed by atoms with Crippen LogP contribution in [0.2, 0.25) is 5.15 Å². The summed E-state index contributed by atoms with van der Waals surface area (Å²) >= 11 is 6.15. The van der Waals surface area contributed by atoms with Gasteiger partial charge in [0.2, 0.25) is 0 Å². The SMILES string of the molecule is CC1(NC(=O)O[C@H]2CO[C@@H](c3cc(Nc4nc(-c5cccc(C#N)c5)cn5nc(Cl)cc45)n[nH]3)[C@H]2F)CC1. The van der Waals surface area contributed by atoms with E-state index < -0.39 is 24.5 Å². The first-order chi connectivity index (χ1) is 18.3. The second-order valence-corrected chi connectivity index (χ2v) is 10.0. The van der Waals surface area contributed by atoms with Gasteiger partial charge in [0.05, 0.1) is 35.8 Å². The molecular weight excluding hydrogens is 515 g/mol. The van der Waals surface area contributed by atoms with E-state index in [4.69, 9.17) is 26.1 Å². The molecule has 2 fully saturated rings. The highest BCUT2D eigenvalue weighted by atomic mass is 35.5. The van der Waals surface area contributed by atoms with Gasteiger partial charge in [0.15, 0.2) is 29.1 Å². The lowest BCUT2D eigenvalue weighted by atomic mass is 10.1. The average molecular weight is 537 g/mol. The van der Waals surface area contributed by atoms with E-state index in [0.717, 1.165) is 12.8 Å². The van der Waals surface area contributed by atoms with Crippen molar-refractivity contribution in [3.8, 4) is 17.3 Å². The van der Waals surface area contributed by atoms with E-state index in [2.05, 4.69) is 32.0 Å². The number of amides is 1. The minimum atomic E-state index is -1.57. The third kappa shape index (κ3) is 4.73. The fraction of sp³-hybridized carbons (Fsp3) is 0.320. The molecule has 4 heterocycles. The van der Waals surface area contributed by atoms with Gasteiger partial charge in [-0.05, 0) is 31.9 Å². The van der Waals surface area contributed by atoms with Crippen molar-refractivity contribution in [3.05, 3.63) is 59.0 Å². The fourth-order valence-corrected chi connectivity index (χ4v) is 4.46. The average Bonchev–Trinajstić information content (AvgIpc) is 3.21. The molecule has 1 saturated heterocycles. The number of hydrogen-bond donors (Lipinski definition) is 3. The molecule has 1 aromatic carbocycles. The molecule has 6 rings (SSSR count). The number of nitrogens with one attached hydrogen (secondary N) is 3. The van der Waals surface area contributed by atoms with Crippen LogP contribution >= 0.6 is 11.6 Å². The van der Waals surface area contributed by atoms with Crippen molar-refractivity contribution in [2.24, 2.45) is 0 Å². The Labute approximate surface area is 220 Å². The topological polar surface area (TPSA) is 142 Å². The molecule has 2 aliphatic rings. The second kappa shape index (κ2) is 9.27. The molecule has 3 N–H and O–H groups in total. The monoisotopic (exact) mass is 536 g/mol. The van der Waals surface area contributed by atoms with Gasteiger partial charge in [0, 0.05) is 23.2 Å². The van der Waals surface area contributed by atoms with Crippen LogP contribution in [0.25, 0.3) is 16.8 Å². The number of halogens is 2. The number of carbonyl (C=O) groups excluding carboxylic acids is 1. The van der Waals surface area contributed by atoms with Crippen LogP contribution in [0.4, 0.5) is 20.8 Å². The zero-order valence-corrected chi connectivity index (χ0v) is 20.9. The number of alkyl halides is 1. The minimum Gasteiger partial charge on any atom is -0.441 e. The van der Waals surface area contributed by atoms with Gasteiger partial charge in [-0.1, -0.05) is 23.7 Å². The molecule has 0 unspecified atom stereocenters. The molecule has 13 heteroatoms. The Hall–Kier alpha value is -4.21. The summed E-state index contributed by atoms with van der Waals surface area (Å²) in [6, 6.07) is 12.4. The van der Waals surface area contributed by atoms with E-state index >= 15 is 4.39 Å². The summed E-state index contributed by atoms with van der Waals surface area (Å²) < 4.78 is 27.6. The Balaban J connectivity index is 1.21. The summed E-state index contributed by atoms with van der Waals surface area (Å²) in [5.74, 6) is 0.757. The maximum absolute atomic E-state index is 15.1. The molecule has 1 saturated carbocycles. The molecule has 1 amide bonds. The number of nitrogens with zero attached hydrogens (tertiary/aromatic N) is 5. The van der Waals surface area contributed by atoms with Gasteiger partial charge in [-0.15, -0.1) is 0 Å². The minimum absolute atomic E-state index is 0.0714. The standard InChI is InChI=1S/C25H22ClFN8O3/c1-25(5-6-25)31-24(36)38-18-12-37-22(21(18)27)15-8-20(33-32-15)30-23-17-9-19(26)34-35(17)11-16(29-23)14-4-2-3-13(7-14)10-28/h2-4,7-9,11,18,21-22H,5-6,12H2,1H3,(H,31,36)(H2,29,30,32,33)/t18-,21-,22-/m0/s1. The largest absolute Gasteiger partial charge is 0.441 e. The number of aromatic nitrogens is 5. The highest BCUT2D eigenvalue weighted by Crippen LogP contribution is 2.36. The van der Waals surface area contributed by atoms with Gasteiger partial charge in [-0.2, -0.15) is 15.5 Å². The molecule has 194 valence electrons. The first-order valence-electron chi connectivity index (χ1n) is 11.9. The summed E-state index contributed by atoms with van der Waals surface area (Å²) in [4.78, 5) is 16.8. The third-order valence-corrected chi connectivity index (χ3v) is 6.79. The molecule has 3 atom stereocenters. The number of anilines is 2. The zero-order valence-electron chi connectivity index (χ0n) is 20.1. The number of nitriles is 1. The number of hydrogen-bond acceptors (Lipinski definition) is 8. The Morgan fingerprint density at radius 3 is 3.00 bits per heavy atom. The number of fused-ring (bicyclic) bond motifs is 1. The number of carbonyl (C=O) groups is 1. The summed E-state index contributed by atoms with van der Waals surface area (Å²) in [6.07, 6.45) is -0.784. The van der Waals surface area contributed by atoms with Crippen molar-refractivity contribution in [2.75, 3.05) is 11.9 Å². The fourth-order valence-electron chi connectivity index (χ4n) is 4.27. The Morgan fingerprint density at radius 2 is 2.21 bits per heavy atom. The van der Waals surface area contributed by atoms with Gasteiger partial charge in [0.25, 0.3) is 0 Å². The molecule has 11 nitrogen and oxygen atoms in total. The van der Waals surface area contributed by atoms with Crippen LogP contribution in [0.1, 0.15) is 37.1 Å². The first-order valence-corrected chi connectivity index (χ1v) is 12.3. The summed E-state index contributed by atoms with van der Waals surface area (Å²) in [6.45, 7) is 1.84. The van der Waals surface area contributed by atoms with Crippen LogP contribution in [-0.4, -0.2) is 55.3 Å². The predicted octanol–water partition coefficient (Wildman–Crippen LogP) is 4.44. The Kier molecular flexibility index (Phi) is 5.89. The van der Waals surface area contributed by atoms with Gasteiger partial charge in [0.1, 0.15) is 11.6 Å². The number of aromatic amines is 1. The van der Waals surface area contributed by atoms with Gasteiger partial charge >= 0.3 is 6.09 Å². The molecular formula is C25H22ClFN8O3. The molecule has 0 radical (unpaired) electrons. The quantitative estimate of drug-likeness (QED) is 0.328. The van der Waals surface area contributed by atoms with Crippen molar-refractivity contribution in [3.63, 3.8) is 0 Å². The van der Waals surface area contributed by atoms with Crippen molar-refractivity contribution < 1.29 is 18.7 Å². The van der Waals surface area contributed by atoms with E-state index in [1.165, 1.54) is 0 Å².